The number of ether oxygens (including phenoxy) is 1. The van der Waals surface area contributed by atoms with Gasteiger partial charge in [0.1, 0.15) is 5.54 Å². The number of hydrogen-bond donors (Lipinski definition) is 1. The van der Waals surface area contributed by atoms with Gasteiger partial charge in [0.15, 0.2) is 0 Å². The fourth-order valence-corrected chi connectivity index (χ4v) is 2.35. The van der Waals surface area contributed by atoms with Gasteiger partial charge in [0.05, 0.1) is 6.61 Å². The molecule has 0 spiro atoms. The largest absolute Gasteiger partial charge is 0.464 e. The molecule has 0 radical (unpaired) electrons. The van der Waals surface area contributed by atoms with Crippen molar-refractivity contribution in [2.75, 3.05) is 33.8 Å². The second kappa shape index (κ2) is 8.15. The lowest BCUT2D eigenvalue weighted by atomic mass is 9.86. The molecule has 0 saturated carbocycles. The van der Waals surface area contributed by atoms with Crippen LogP contribution in [-0.4, -0.2) is 44.7 Å². The van der Waals surface area contributed by atoms with Crippen molar-refractivity contribution in [3.8, 4) is 0 Å². The molecule has 0 aliphatic rings. The monoisotopic (exact) mass is 292 g/mol. The first-order valence-corrected chi connectivity index (χ1v) is 7.60. The number of benzene rings is 1. The van der Waals surface area contributed by atoms with E-state index in [2.05, 4.69) is 10.2 Å². The summed E-state index contributed by atoms with van der Waals surface area (Å²) in [4.78, 5) is 14.6. The molecule has 4 nitrogen and oxygen atoms in total. The standard InChI is InChI=1S/C17H28N2O2/c1-6-17(16(20)21-7-2,18-12-13-19(4)5)15-10-8-14(3)9-11-15/h8-11,18H,6-7,12-13H2,1-5H3. The van der Waals surface area contributed by atoms with Crippen molar-refractivity contribution in [2.24, 2.45) is 0 Å². The molecule has 21 heavy (non-hydrogen) atoms. The van der Waals surface area contributed by atoms with E-state index in [9.17, 15) is 4.79 Å². The summed E-state index contributed by atoms with van der Waals surface area (Å²) in [6.45, 7) is 7.89. The molecule has 118 valence electrons. The molecule has 1 N–H and O–H groups in total. The molecular weight excluding hydrogens is 264 g/mol. The molecule has 4 heteroatoms. The SMILES string of the molecule is CCOC(=O)C(CC)(NCCN(C)C)c1ccc(C)cc1. The normalized spacial score (nSPS) is 14.0. The van der Waals surface area contributed by atoms with Crippen molar-refractivity contribution >= 4 is 5.97 Å². The van der Waals surface area contributed by atoms with Gasteiger partial charge in [-0.05, 0) is 39.9 Å². The summed E-state index contributed by atoms with van der Waals surface area (Å²) in [5.74, 6) is -0.199. The van der Waals surface area contributed by atoms with E-state index in [4.69, 9.17) is 4.74 Å². The minimum absolute atomic E-state index is 0.199. The highest BCUT2D eigenvalue weighted by atomic mass is 16.5. The minimum Gasteiger partial charge on any atom is -0.464 e. The van der Waals surface area contributed by atoms with Crippen LogP contribution in [0.4, 0.5) is 0 Å². The first-order chi connectivity index (χ1) is 9.96. The van der Waals surface area contributed by atoms with Gasteiger partial charge in [-0.3, -0.25) is 5.32 Å². The number of hydrogen-bond acceptors (Lipinski definition) is 4. The molecule has 0 saturated heterocycles. The maximum Gasteiger partial charge on any atom is 0.330 e. The Balaban J connectivity index is 3.06. The molecule has 0 fully saturated rings. The first-order valence-electron chi connectivity index (χ1n) is 7.60. The van der Waals surface area contributed by atoms with E-state index < -0.39 is 5.54 Å². The van der Waals surface area contributed by atoms with E-state index in [1.807, 2.05) is 59.1 Å². The third-order valence-corrected chi connectivity index (χ3v) is 3.68. The molecule has 0 aliphatic heterocycles. The molecule has 1 rings (SSSR count). The van der Waals surface area contributed by atoms with Crippen LogP contribution in [-0.2, 0) is 15.1 Å². The Kier molecular flexibility index (Phi) is 6.85. The van der Waals surface area contributed by atoms with Gasteiger partial charge in [0, 0.05) is 13.1 Å². The lowest BCUT2D eigenvalue weighted by Gasteiger charge is -2.32. The lowest BCUT2D eigenvalue weighted by Crippen LogP contribution is -2.51. The zero-order valence-corrected chi connectivity index (χ0v) is 13.9. The average molecular weight is 292 g/mol. The van der Waals surface area contributed by atoms with Crippen molar-refractivity contribution in [1.29, 1.82) is 0 Å². The molecule has 1 unspecified atom stereocenters. The van der Waals surface area contributed by atoms with Crippen LogP contribution in [0.3, 0.4) is 0 Å². The van der Waals surface area contributed by atoms with Crippen molar-refractivity contribution < 1.29 is 9.53 Å². The fourth-order valence-electron chi connectivity index (χ4n) is 2.35. The number of rotatable bonds is 8. The Labute approximate surface area is 128 Å². The summed E-state index contributed by atoms with van der Waals surface area (Å²) in [6.07, 6.45) is 0.655. The molecule has 0 bridgehead atoms. The van der Waals surface area contributed by atoms with Crippen molar-refractivity contribution in [3.05, 3.63) is 35.4 Å². The van der Waals surface area contributed by atoms with Gasteiger partial charge < -0.3 is 9.64 Å². The van der Waals surface area contributed by atoms with Crippen molar-refractivity contribution in [1.82, 2.24) is 10.2 Å². The highest BCUT2D eigenvalue weighted by Crippen LogP contribution is 2.27. The van der Waals surface area contributed by atoms with E-state index >= 15 is 0 Å². The third-order valence-electron chi connectivity index (χ3n) is 3.68. The van der Waals surface area contributed by atoms with E-state index in [-0.39, 0.29) is 5.97 Å². The van der Waals surface area contributed by atoms with Crippen LogP contribution in [0.25, 0.3) is 0 Å². The van der Waals surface area contributed by atoms with Crippen LogP contribution < -0.4 is 5.32 Å². The lowest BCUT2D eigenvalue weighted by molar-refractivity contribution is -0.152. The zero-order chi connectivity index (χ0) is 15.9. The summed E-state index contributed by atoms with van der Waals surface area (Å²) < 4.78 is 5.33. The quantitative estimate of drug-likeness (QED) is 0.747. The van der Waals surface area contributed by atoms with E-state index in [1.165, 1.54) is 5.56 Å². The Morgan fingerprint density at radius 1 is 1.24 bits per heavy atom. The fraction of sp³-hybridized carbons (Fsp3) is 0.588. The zero-order valence-electron chi connectivity index (χ0n) is 13.9. The Bertz CT molecular complexity index is 443. The van der Waals surface area contributed by atoms with Crippen molar-refractivity contribution in [2.45, 2.75) is 32.7 Å². The Hall–Kier alpha value is -1.39. The van der Waals surface area contributed by atoms with Crippen LogP contribution in [0, 0.1) is 6.92 Å². The predicted molar refractivity (Wildman–Crippen MR) is 86.3 cm³/mol. The van der Waals surface area contributed by atoms with Gasteiger partial charge in [0.25, 0.3) is 0 Å². The van der Waals surface area contributed by atoms with Crippen LogP contribution in [0.5, 0.6) is 0 Å². The van der Waals surface area contributed by atoms with Crippen LogP contribution in [0.15, 0.2) is 24.3 Å². The molecule has 1 aromatic carbocycles. The average Bonchev–Trinajstić information content (AvgIpc) is 2.45. The second-order valence-electron chi connectivity index (χ2n) is 5.58. The summed E-state index contributed by atoms with van der Waals surface area (Å²) >= 11 is 0. The van der Waals surface area contributed by atoms with Crippen molar-refractivity contribution in [3.63, 3.8) is 0 Å². The molecule has 0 aliphatic carbocycles. The van der Waals surface area contributed by atoms with Gasteiger partial charge in [-0.1, -0.05) is 36.8 Å². The number of carbonyl (C=O) groups excluding carboxylic acids is 1. The summed E-state index contributed by atoms with van der Waals surface area (Å²) in [6, 6.07) is 8.09. The molecule has 0 amide bonds. The predicted octanol–water partition coefficient (Wildman–Crippen LogP) is 2.31. The number of likely N-dealkylation sites (N-methyl/N-ethyl adjacent to an activating group) is 1. The van der Waals surface area contributed by atoms with Gasteiger partial charge in [-0.2, -0.15) is 0 Å². The molecule has 1 atom stereocenters. The Morgan fingerprint density at radius 2 is 1.86 bits per heavy atom. The maximum atomic E-state index is 12.6. The molecule has 0 aromatic heterocycles. The molecule has 0 heterocycles. The van der Waals surface area contributed by atoms with Gasteiger partial charge in [0.2, 0.25) is 0 Å². The minimum atomic E-state index is -0.764. The number of aryl methyl sites for hydroxylation is 1. The van der Waals surface area contributed by atoms with Gasteiger partial charge in [-0.25, -0.2) is 4.79 Å². The van der Waals surface area contributed by atoms with Crippen LogP contribution in [0.2, 0.25) is 0 Å². The topological polar surface area (TPSA) is 41.6 Å². The van der Waals surface area contributed by atoms with E-state index in [0.717, 1.165) is 18.7 Å². The summed E-state index contributed by atoms with van der Waals surface area (Å²) in [5, 5.41) is 3.42. The first kappa shape index (κ1) is 17.7. The smallest absolute Gasteiger partial charge is 0.330 e. The number of nitrogens with one attached hydrogen (secondary N) is 1. The number of carbonyl (C=O) groups is 1. The Morgan fingerprint density at radius 3 is 2.33 bits per heavy atom. The summed E-state index contributed by atoms with van der Waals surface area (Å²) in [7, 11) is 4.04. The maximum absolute atomic E-state index is 12.6. The highest BCUT2D eigenvalue weighted by Gasteiger charge is 2.39. The molecule has 1 aromatic rings. The summed E-state index contributed by atoms with van der Waals surface area (Å²) in [5.41, 5.74) is 1.38. The van der Waals surface area contributed by atoms with Gasteiger partial charge in [-0.15, -0.1) is 0 Å². The van der Waals surface area contributed by atoms with E-state index in [0.29, 0.717) is 13.0 Å². The highest BCUT2D eigenvalue weighted by molar-refractivity contribution is 5.82. The third kappa shape index (κ3) is 4.55. The molecular formula is C17H28N2O2. The van der Waals surface area contributed by atoms with Crippen LogP contribution >= 0.6 is 0 Å². The van der Waals surface area contributed by atoms with Crippen LogP contribution in [0.1, 0.15) is 31.4 Å². The van der Waals surface area contributed by atoms with Gasteiger partial charge >= 0.3 is 5.97 Å². The number of nitrogens with zero attached hydrogens (tertiary/aromatic N) is 1. The second-order valence-corrected chi connectivity index (χ2v) is 5.58. The van der Waals surface area contributed by atoms with E-state index in [1.54, 1.807) is 0 Å². The number of esters is 1.